The average molecular weight is 670 g/mol. The fourth-order valence-corrected chi connectivity index (χ4v) is 7.06. The molecule has 2 fully saturated rings. The Morgan fingerprint density at radius 3 is 1.43 bits per heavy atom. The van der Waals surface area contributed by atoms with Crippen LogP contribution in [-0.4, -0.2) is 57.6 Å². The molecule has 44 heavy (non-hydrogen) atoms. The molecule has 2 rings (SSSR count). The van der Waals surface area contributed by atoms with Crippen LogP contribution < -0.4 is 0 Å². The molecule has 0 radical (unpaired) electrons. The molecule has 2 saturated heterocycles. The Labute approximate surface area is 281 Å². The summed E-state index contributed by atoms with van der Waals surface area (Å²) in [5, 5.41) is 4.41. The fraction of sp³-hybridized carbons (Fsp3) is 0.917. The summed E-state index contributed by atoms with van der Waals surface area (Å²) in [6.07, 6.45) is 16.1. The van der Waals surface area contributed by atoms with Crippen LogP contribution in [0.2, 0.25) is 0 Å². The first-order valence-electron chi connectivity index (χ1n) is 17.3. The molecule has 8 heteroatoms. The van der Waals surface area contributed by atoms with Gasteiger partial charge in [-0.1, -0.05) is 66.2 Å². The third-order valence-corrected chi connectivity index (χ3v) is 9.20. The van der Waals surface area contributed by atoms with Crippen molar-refractivity contribution in [1.29, 1.82) is 0 Å². The second-order valence-corrected chi connectivity index (χ2v) is 15.5. The minimum atomic E-state index is -0.443. The van der Waals surface area contributed by atoms with E-state index in [2.05, 4.69) is 122 Å². The predicted molar refractivity (Wildman–Crippen MR) is 177 cm³/mol. The Hall–Kier alpha value is -0.514. The van der Waals surface area contributed by atoms with Crippen molar-refractivity contribution >= 4 is 5.97 Å². The Balaban J connectivity index is 0.000000808. The Morgan fingerprint density at radius 1 is 0.750 bits per heavy atom. The van der Waals surface area contributed by atoms with Crippen molar-refractivity contribution < 1.29 is 38.7 Å². The molecule has 0 aromatic carbocycles. The van der Waals surface area contributed by atoms with Crippen LogP contribution in [0.25, 0.3) is 0 Å². The summed E-state index contributed by atoms with van der Waals surface area (Å²) in [6.45, 7) is 31.8. The van der Waals surface area contributed by atoms with E-state index < -0.39 is 5.97 Å². The van der Waals surface area contributed by atoms with Gasteiger partial charge >= 0.3 is 19.5 Å². The van der Waals surface area contributed by atoms with E-state index in [4.69, 9.17) is 18.3 Å². The van der Waals surface area contributed by atoms with Gasteiger partial charge in [0.25, 0.3) is 0 Å². The second-order valence-electron chi connectivity index (χ2n) is 15.5. The normalized spacial score (nSPS) is 22.5. The van der Waals surface area contributed by atoms with E-state index in [0.29, 0.717) is 11.8 Å². The van der Waals surface area contributed by atoms with Crippen LogP contribution in [0.4, 0.5) is 0 Å². The van der Waals surface area contributed by atoms with E-state index in [0.717, 1.165) is 45.3 Å². The van der Waals surface area contributed by atoms with Gasteiger partial charge in [-0.2, -0.15) is 23.0 Å². The standard InChI is InChI=1S/C19H36NO3.C17H34NO.Co.O/c1-8-10-11-16(9-2)14-22-20-18(4,5)12-17(23-15(3)21)13-19(20,6)7;1-7-9-11-15(8-2)14-19-18-16(3,4)12-10-13-17(18,5)6;;/h16-17H,3,8-14H2,1-2,4-7H3;10,15H,7-9,11-14H2,1-6H3;;/q2*-1;;. The molecule has 265 valence electrons. The number of carbonyl (C=O) groups is 1. The van der Waals surface area contributed by atoms with E-state index in [1.807, 2.05) is 0 Å². The van der Waals surface area contributed by atoms with Crippen LogP contribution >= 0.6 is 0 Å². The third kappa shape index (κ3) is 14.9. The van der Waals surface area contributed by atoms with Gasteiger partial charge in [0, 0.05) is 35.0 Å². The van der Waals surface area contributed by atoms with Crippen LogP contribution in [0.3, 0.4) is 0 Å². The van der Waals surface area contributed by atoms with Crippen LogP contribution in [-0.2, 0) is 38.7 Å². The molecule has 0 N–H and O–H groups in total. The van der Waals surface area contributed by atoms with Crippen molar-refractivity contribution in [3.8, 4) is 0 Å². The molecule has 0 saturated carbocycles. The Morgan fingerprint density at radius 2 is 1.11 bits per heavy atom. The Kier molecular flexibility index (Phi) is 20.4. The molecule has 0 aromatic rings. The summed E-state index contributed by atoms with van der Waals surface area (Å²) in [6, 6.07) is 0. The maximum absolute atomic E-state index is 11.2. The van der Waals surface area contributed by atoms with E-state index in [9.17, 15) is 4.79 Å². The zero-order valence-electron chi connectivity index (χ0n) is 30.7. The van der Waals surface area contributed by atoms with Gasteiger partial charge in [0.1, 0.15) is 6.10 Å². The quantitative estimate of drug-likeness (QED) is 0.127. The van der Waals surface area contributed by atoms with Crippen LogP contribution in [0, 0.1) is 25.2 Å². The molecular formula is C36H70CoN2O5-2. The van der Waals surface area contributed by atoms with E-state index in [1.165, 1.54) is 44.9 Å². The second kappa shape index (κ2) is 20.7. The number of unbranched alkanes of at least 4 members (excludes halogenated alkanes) is 2. The van der Waals surface area contributed by atoms with E-state index in [-0.39, 0.29) is 28.3 Å². The topological polar surface area (TPSA) is 68.3 Å². The fourth-order valence-electron chi connectivity index (χ4n) is 7.06. The molecule has 7 nitrogen and oxygen atoms in total. The summed E-state index contributed by atoms with van der Waals surface area (Å²) >= 11 is 2.31. The number of ether oxygens (including phenoxy) is 1. The van der Waals surface area contributed by atoms with Crippen LogP contribution in [0.1, 0.15) is 160 Å². The molecule has 0 bridgehead atoms. The van der Waals surface area contributed by atoms with Crippen LogP contribution in [0.5, 0.6) is 0 Å². The van der Waals surface area contributed by atoms with Crippen molar-refractivity contribution in [3.63, 3.8) is 0 Å². The third-order valence-electron chi connectivity index (χ3n) is 9.20. The van der Waals surface area contributed by atoms with E-state index in [1.54, 1.807) is 0 Å². The van der Waals surface area contributed by atoms with Crippen molar-refractivity contribution in [2.24, 2.45) is 11.8 Å². The number of nitrogens with zero attached hydrogens (tertiary/aromatic N) is 2. The molecule has 2 atom stereocenters. The maximum atomic E-state index is 11.2. The van der Waals surface area contributed by atoms with Gasteiger partial charge in [-0.05, 0) is 80.1 Å². The molecule has 0 spiro atoms. The SMILES string of the molecule is CCCCC(CC)CON1C(C)(C)C[CH-]CC1(C)C.[CH2-]C(=O)OC1CC(C)(C)N(OCC(CC)CCCC)C(C)(C)C1.[O]=[Co]. The Bertz CT molecular complexity index is 754. The first kappa shape index (κ1) is 43.5. The van der Waals surface area contributed by atoms with Crippen molar-refractivity contribution in [3.05, 3.63) is 13.3 Å². The molecule has 0 amide bonds. The molecule has 2 heterocycles. The first-order chi connectivity index (χ1) is 20.5. The van der Waals surface area contributed by atoms with Crippen molar-refractivity contribution in [2.75, 3.05) is 13.2 Å². The zero-order valence-corrected chi connectivity index (χ0v) is 31.7. The molecule has 2 unspecified atom stereocenters. The van der Waals surface area contributed by atoms with Crippen molar-refractivity contribution in [1.82, 2.24) is 10.1 Å². The van der Waals surface area contributed by atoms with Gasteiger partial charge in [-0.3, -0.25) is 21.4 Å². The van der Waals surface area contributed by atoms with Gasteiger partial charge in [-0.15, -0.1) is 0 Å². The average Bonchev–Trinajstić information content (AvgIpc) is 2.91. The number of hydrogen-bond acceptors (Lipinski definition) is 7. The molecule has 2 aliphatic heterocycles. The minimum absolute atomic E-state index is 0.0908. The van der Waals surface area contributed by atoms with Crippen molar-refractivity contribution in [2.45, 2.75) is 188 Å². The van der Waals surface area contributed by atoms with Gasteiger partial charge < -0.3 is 11.2 Å². The summed E-state index contributed by atoms with van der Waals surface area (Å²) in [7, 11) is 0. The van der Waals surface area contributed by atoms with E-state index >= 15 is 0 Å². The first-order valence-corrected chi connectivity index (χ1v) is 17.7. The summed E-state index contributed by atoms with van der Waals surface area (Å²) in [5.74, 6) is 0.871. The molecular weight excluding hydrogens is 599 g/mol. The zero-order chi connectivity index (χ0) is 34.2. The summed E-state index contributed by atoms with van der Waals surface area (Å²) < 4.78 is 13.3. The predicted octanol–water partition coefficient (Wildman–Crippen LogP) is 9.40. The molecule has 0 aromatic heterocycles. The summed E-state index contributed by atoms with van der Waals surface area (Å²) in [5.41, 5.74) is -0.120. The number of rotatable bonds is 15. The number of carbonyl (C=O) groups excluding carboxylic acids is 1. The summed E-state index contributed by atoms with van der Waals surface area (Å²) in [4.78, 5) is 23.8. The van der Waals surface area contributed by atoms with Gasteiger partial charge in [0.05, 0.1) is 13.2 Å². The number of hydroxylamine groups is 4. The van der Waals surface area contributed by atoms with Gasteiger partial charge in [0.15, 0.2) is 5.97 Å². The number of hydrogen-bond donors (Lipinski definition) is 0. The number of piperidine rings is 2. The monoisotopic (exact) mass is 669 g/mol. The van der Waals surface area contributed by atoms with Gasteiger partial charge in [-0.25, -0.2) is 0 Å². The van der Waals surface area contributed by atoms with Crippen LogP contribution in [0.15, 0.2) is 0 Å². The molecule has 0 aliphatic carbocycles. The van der Waals surface area contributed by atoms with Gasteiger partial charge in [0.2, 0.25) is 0 Å². The molecule has 2 aliphatic rings. The number of esters is 1.